The molecule has 0 bridgehead atoms. The maximum Gasteiger partial charge on any atom is 0.320 e. The number of hydrogen-bond donors (Lipinski definition) is 4. The lowest BCUT2D eigenvalue weighted by atomic mass is 10.1. The molecule has 0 amide bonds. The van der Waals surface area contributed by atoms with Gasteiger partial charge in [0.2, 0.25) is 0 Å². The summed E-state index contributed by atoms with van der Waals surface area (Å²) in [5, 5.41) is 21.9. The predicted molar refractivity (Wildman–Crippen MR) is 107 cm³/mol. The Balaban J connectivity index is -0.000000408. The van der Waals surface area contributed by atoms with Crippen LogP contribution in [0.1, 0.15) is 38.9 Å². The maximum absolute atomic E-state index is 10.2. The van der Waals surface area contributed by atoms with Crippen molar-refractivity contribution in [1.82, 2.24) is 5.32 Å². The fourth-order valence-corrected chi connectivity index (χ4v) is 1.92. The molecule has 2 atom stereocenters. The van der Waals surface area contributed by atoms with E-state index in [9.17, 15) is 14.7 Å². The first-order valence-electron chi connectivity index (χ1n) is 7.92. The highest BCUT2D eigenvalue weighted by molar-refractivity contribution is 6.31. The van der Waals surface area contributed by atoms with Gasteiger partial charge in [0.1, 0.15) is 6.04 Å². The second-order valence-corrected chi connectivity index (χ2v) is 6.08. The van der Waals surface area contributed by atoms with Gasteiger partial charge in [0.15, 0.2) is 0 Å². The molecule has 7 N–H and O–H groups in total. The SMILES string of the molecule is CC(=O)OCCC(N)C(=O)O.CC(C)NCC(O)c1ccccc1Cl.Cl.O. The Kier molecular flexibility index (Phi) is 18.8. The second kappa shape index (κ2) is 16.7. The number of aliphatic hydroxyl groups is 1. The van der Waals surface area contributed by atoms with Crippen LogP contribution in [0.15, 0.2) is 24.3 Å². The van der Waals surface area contributed by atoms with Gasteiger partial charge < -0.3 is 31.5 Å². The van der Waals surface area contributed by atoms with Crippen LogP contribution in [-0.4, -0.2) is 52.9 Å². The van der Waals surface area contributed by atoms with Crippen molar-refractivity contribution in [2.24, 2.45) is 5.73 Å². The van der Waals surface area contributed by atoms with E-state index >= 15 is 0 Å². The molecule has 0 fully saturated rings. The first-order valence-corrected chi connectivity index (χ1v) is 8.30. The Labute approximate surface area is 170 Å². The van der Waals surface area contributed by atoms with Crippen molar-refractivity contribution >= 4 is 35.9 Å². The first kappa shape index (κ1) is 30.3. The number of rotatable bonds is 8. The zero-order valence-corrected chi connectivity index (χ0v) is 17.2. The zero-order valence-electron chi connectivity index (χ0n) is 15.6. The van der Waals surface area contributed by atoms with Gasteiger partial charge in [-0.2, -0.15) is 0 Å². The minimum atomic E-state index is -1.09. The van der Waals surface area contributed by atoms with E-state index in [1.54, 1.807) is 6.07 Å². The number of nitrogens with two attached hydrogens (primary N) is 1. The van der Waals surface area contributed by atoms with Gasteiger partial charge in [-0.25, -0.2) is 0 Å². The number of ether oxygens (including phenoxy) is 1. The number of aliphatic hydroxyl groups excluding tert-OH is 1. The smallest absolute Gasteiger partial charge is 0.320 e. The highest BCUT2D eigenvalue weighted by Gasteiger charge is 2.11. The van der Waals surface area contributed by atoms with E-state index < -0.39 is 24.1 Å². The van der Waals surface area contributed by atoms with Crippen LogP contribution in [0.3, 0.4) is 0 Å². The van der Waals surface area contributed by atoms with Gasteiger partial charge in [-0.05, 0) is 6.07 Å². The number of hydrogen-bond acceptors (Lipinski definition) is 6. The van der Waals surface area contributed by atoms with Gasteiger partial charge in [0, 0.05) is 36.5 Å². The Hall–Kier alpha value is -1.42. The Morgan fingerprint density at radius 2 is 1.85 bits per heavy atom. The van der Waals surface area contributed by atoms with Crippen molar-refractivity contribution in [3.05, 3.63) is 34.9 Å². The van der Waals surface area contributed by atoms with E-state index in [1.807, 2.05) is 32.0 Å². The van der Waals surface area contributed by atoms with E-state index in [1.165, 1.54) is 6.92 Å². The third-order valence-electron chi connectivity index (χ3n) is 3.04. The molecule has 1 aromatic rings. The van der Waals surface area contributed by atoms with Gasteiger partial charge in [0.05, 0.1) is 12.7 Å². The molecule has 1 aromatic carbocycles. The predicted octanol–water partition coefficient (Wildman–Crippen LogP) is 1.32. The van der Waals surface area contributed by atoms with Gasteiger partial charge >= 0.3 is 11.9 Å². The number of benzene rings is 1. The summed E-state index contributed by atoms with van der Waals surface area (Å²) in [6.45, 7) is 5.93. The van der Waals surface area contributed by atoms with Crippen molar-refractivity contribution in [1.29, 1.82) is 0 Å². The number of carbonyl (C=O) groups is 2. The van der Waals surface area contributed by atoms with Gasteiger partial charge in [0.25, 0.3) is 0 Å². The summed E-state index contributed by atoms with van der Waals surface area (Å²) < 4.78 is 4.48. The van der Waals surface area contributed by atoms with Crippen molar-refractivity contribution in [2.45, 2.75) is 45.4 Å². The van der Waals surface area contributed by atoms with Gasteiger partial charge in [-0.1, -0.05) is 43.6 Å². The Bertz CT molecular complexity index is 546. The monoisotopic (exact) mass is 428 g/mol. The largest absolute Gasteiger partial charge is 0.480 e. The molecule has 0 saturated heterocycles. The van der Waals surface area contributed by atoms with Crippen molar-refractivity contribution in [3.8, 4) is 0 Å². The van der Waals surface area contributed by atoms with Crippen molar-refractivity contribution in [3.63, 3.8) is 0 Å². The number of carboxylic acids is 1. The average molecular weight is 429 g/mol. The number of carbonyl (C=O) groups excluding carboxylic acids is 1. The zero-order chi connectivity index (χ0) is 19.4. The van der Waals surface area contributed by atoms with Crippen LogP contribution < -0.4 is 11.1 Å². The van der Waals surface area contributed by atoms with E-state index in [0.29, 0.717) is 17.6 Å². The lowest BCUT2D eigenvalue weighted by molar-refractivity contribution is -0.144. The summed E-state index contributed by atoms with van der Waals surface area (Å²) in [5.41, 5.74) is 5.89. The fraction of sp³-hybridized carbons (Fsp3) is 0.529. The summed E-state index contributed by atoms with van der Waals surface area (Å²) in [7, 11) is 0. The summed E-state index contributed by atoms with van der Waals surface area (Å²) in [4.78, 5) is 20.3. The van der Waals surface area contributed by atoms with Crippen LogP contribution in [-0.2, 0) is 14.3 Å². The first-order chi connectivity index (χ1) is 11.6. The molecule has 10 heteroatoms. The molecule has 0 aliphatic rings. The topological polar surface area (TPSA) is 153 Å². The molecule has 0 aromatic heterocycles. The van der Waals surface area contributed by atoms with E-state index in [0.717, 1.165) is 5.56 Å². The third-order valence-corrected chi connectivity index (χ3v) is 3.38. The molecule has 2 unspecified atom stereocenters. The third kappa shape index (κ3) is 15.3. The highest BCUT2D eigenvalue weighted by Crippen LogP contribution is 2.21. The molecule has 0 saturated carbocycles. The van der Waals surface area contributed by atoms with Crippen LogP contribution in [0.4, 0.5) is 0 Å². The molecule has 0 spiro atoms. The molecule has 0 heterocycles. The molecule has 8 nitrogen and oxygen atoms in total. The fourth-order valence-electron chi connectivity index (χ4n) is 1.66. The van der Waals surface area contributed by atoms with Gasteiger partial charge in [-0.15, -0.1) is 12.4 Å². The highest BCUT2D eigenvalue weighted by atomic mass is 35.5. The van der Waals surface area contributed by atoms with Gasteiger partial charge in [-0.3, -0.25) is 9.59 Å². The lowest BCUT2D eigenvalue weighted by Crippen LogP contribution is -2.31. The molecule has 158 valence electrons. The van der Waals surface area contributed by atoms with Crippen LogP contribution in [0.25, 0.3) is 0 Å². The summed E-state index contributed by atoms with van der Waals surface area (Å²) in [6.07, 6.45) is -0.388. The normalized spacial score (nSPS) is 11.8. The number of esters is 1. The second-order valence-electron chi connectivity index (χ2n) is 5.67. The maximum atomic E-state index is 10.2. The Morgan fingerprint density at radius 1 is 1.30 bits per heavy atom. The number of carboxylic acid groups (broad SMARTS) is 1. The average Bonchev–Trinajstić information content (AvgIpc) is 2.53. The number of nitrogens with one attached hydrogen (secondary N) is 1. The molecule has 0 aliphatic heterocycles. The molecule has 0 radical (unpaired) electrons. The number of halogens is 2. The Morgan fingerprint density at radius 3 is 2.30 bits per heavy atom. The quantitative estimate of drug-likeness (QED) is 0.455. The minimum absolute atomic E-state index is 0. The van der Waals surface area contributed by atoms with Crippen LogP contribution in [0, 0.1) is 0 Å². The van der Waals surface area contributed by atoms with E-state index in [-0.39, 0.29) is 30.9 Å². The van der Waals surface area contributed by atoms with Crippen LogP contribution >= 0.6 is 24.0 Å². The minimum Gasteiger partial charge on any atom is -0.480 e. The summed E-state index contributed by atoms with van der Waals surface area (Å²) in [5.74, 6) is -1.51. The number of aliphatic carboxylic acids is 1. The standard InChI is InChI=1S/C11H16ClNO.C6H11NO4.ClH.H2O/c1-8(2)13-7-11(14)9-5-3-4-6-10(9)12;1-4(8)11-3-2-5(7)6(9)10;;/h3-6,8,11,13-14H,7H2,1-2H3;5H,2-3,7H2,1H3,(H,9,10);1H;1H2. The van der Waals surface area contributed by atoms with Crippen LogP contribution in [0.5, 0.6) is 0 Å². The lowest BCUT2D eigenvalue weighted by Gasteiger charge is -2.15. The molecule has 27 heavy (non-hydrogen) atoms. The van der Waals surface area contributed by atoms with Crippen molar-refractivity contribution in [2.75, 3.05) is 13.2 Å². The molecular formula is C17H30Cl2N2O6. The molecule has 0 aliphatic carbocycles. The molecule has 1 rings (SSSR count). The molecular weight excluding hydrogens is 399 g/mol. The van der Waals surface area contributed by atoms with Crippen LogP contribution in [0.2, 0.25) is 5.02 Å². The summed E-state index contributed by atoms with van der Waals surface area (Å²) in [6, 6.07) is 6.78. The van der Waals surface area contributed by atoms with E-state index in [4.69, 9.17) is 22.4 Å². The van der Waals surface area contributed by atoms with Crippen molar-refractivity contribution < 1.29 is 30.0 Å². The van der Waals surface area contributed by atoms with E-state index in [2.05, 4.69) is 10.1 Å². The summed E-state index contributed by atoms with van der Waals surface area (Å²) >= 11 is 5.95.